The molecule has 0 unspecified atom stereocenters. The summed E-state index contributed by atoms with van der Waals surface area (Å²) in [5.74, 6) is -1.46. The quantitative estimate of drug-likeness (QED) is 0.0334. The maximum atomic E-state index is 13.9. The largest absolute Gasteiger partial charge is 0.463 e. The van der Waals surface area contributed by atoms with Crippen molar-refractivity contribution in [2.24, 2.45) is 0 Å². The Labute approximate surface area is 591 Å². The Hall–Kier alpha value is -2.16. The molecule has 0 aromatic heterocycles. The van der Waals surface area contributed by atoms with E-state index in [-0.39, 0.29) is 44.4 Å². The van der Waals surface area contributed by atoms with Gasteiger partial charge < -0.3 is 23.7 Å². The van der Waals surface area contributed by atoms with Gasteiger partial charge in [-0.2, -0.15) is 0 Å². The lowest BCUT2D eigenvalue weighted by atomic mass is 9.99. The van der Waals surface area contributed by atoms with Gasteiger partial charge in [-0.15, -0.1) is 0 Å². The van der Waals surface area contributed by atoms with E-state index in [4.69, 9.17) is 23.7 Å². The first kappa shape index (κ1) is 90.9. The second kappa shape index (κ2) is 74.5. The molecule has 4 atom stereocenters. The summed E-state index contributed by atoms with van der Waals surface area (Å²) in [6, 6.07) is 0. The van der Waals surface area contributed by atoms with Gasteiger partial charge in [-0.25, -0.2) is 0 Å². The molecule has 0 N–H and O–H groups in total. The van der Waals surface area contributed by atoms with Crippen molar-refractivity contribution >= 4 is 23.9 Å². The molecule has 1 rings (SSSR count). The molecule has 562 valence electrons. The highest BCUT2D eigenvalue weighted by Gasteiger charge is 2.48. The maximum absolute atomic E-state index is 13.9. The Morgan fingerprint density at radius 3 is 0.632 bits per heavy atom. The van der Waals surface area contributed by atoms with Crippen molar-refractivity contribution in [3.63, 3.8) is 0 Å². The third-order valence-corrected chi connectivity index (χ3v) is 20.7. The lowest BCUT2D eigenvalue weighted by Crippen LogP contribution is -2.59. The normalized spacial score (nSPS) is 15.6. The van der Waals surface area contributed by atoms with E-state index >= 15 is 0 Å². The second-order valence-corrected chi connectivity index (χ2v) is 30.1. The van der Waals surface area contributed by atoms with Crippen LogP contribution < -0.4 is 0 Å². The van der Waals surface area contributed by atoms with Crippen molar-refractivity contribution in [3.8, 4) is 0 Å². The summed E-state index contributed by atoms with van der Waals surface area (Å²) >= 11 is 0. The first-order valence-corrected chi connectivity index (χ1v) is 43.2. The molecular formula is C86H164O9. The van der Waals surface area contributed by atoms with E-state index in [2.05, 4.69) is 27.7 Å². The summed E-state index contributed by atoms with van der Waals surface area (Å²) in [6.07, 6.45) is 83.2. The van der Waals surface area contributed by atoms with E-state index in [0.717, 1.165) is 64.2 Å². The van der Waals surface area contributed by atoms with E-state index in [9.17, 15) is 19.2 Å². The van der Waals surface area contributed by atoms with Crippen LogP contribution in [-0.4, -0.2) is 61.5 Å². The molecule has 9 nitrogen and oxygen atoms in total. The minimum Gasteiger partial charge on any atom is -0.463 e. The lowest BCUT2D eigenvalue weighted by molar-refractivity contribution is -0.233. The summed E-state index contributed by atoms with van der Waals surface area (Å²) in [7, 11) is 0. The van der Waals surface area contributed by atoms with Gasteiger partial charge in [-0.1, -0.05) is 439 Å². The fourth-order valence-electron chi connectivity index (χ4n) is 14.2. The molecule has 1 heterocycles. The van der Waals surface area contributed by atoms with Gasteiger partial charge in [0, 0.05) is 25.7 Å². The zero-order chi connectivity index (χ0) is 68.5. The van der Waals surface area contributed by atoms with Crippen LogP contribution >= 0.6 is 0 Å². The minimum absolute atomic E-state index is 0.0451. The van der Waals surface area contributed by atoms with Crippen molar-refractivity contribution in [1.29, 1.82) is 0 Å². The SMILES string of the molecule is CCCCCCCCCCCCCCCCCCCC(=O)OC[C@H]1OC[C@@H](OC(=O)CCCCCCCCCCCCCCCCCCC)[C@@H](OC(=O)CCCCCCCCCCCCCCCCCCC)[C@@H]1OC(=O)CCCCCCCCCCCCCCCCCCC. The van der Waals surface area contributed by atoms with Crippen LogP contribution in [0.15, 0.2) is 0 Å². The molecule has 0 aromatic carbocycles. The molecule has 0 aliphatic carbocycles. The highest BCUT2D eigenvalue weighted by Crippen LogP contribution is 2.28. The Balaban J connectivity index is 2.85. The minimum atomic E-state index is -1.09. The highest BCUT2D eigenvalue weighted by molar-refractivity contribution is 5.72. The molecule has 0 aromatic rings. The smallest absolute Gasteiger partial charge is 0.306 e. The topological polar surface area (TPSA) is 114 Å². The van der Waals surface area contributed by atoms with Gasteiger partial charge in [0.2, 0.25) is 0 Å². The third-order valence-electron chi connectivity index (χ3n) is 20.7. The fourth-order valence-corrected chi connectivity index (χ4v) is 14.2. The summed E-state index contributed by atoms with van der Waals surface area (Å²) in [6.45, 7) is 8.95. The molecule has 0 amide bonds. The summed E-state index contributed by atoms with van der Waals surface area (Å²) in [5, 5.41) is 0. The Bertz CT molecular complexity index is 1600. The van der Waals surface area contributed by atoms with Crippen LogP contribution in [0.5, 0.6) is 0 Å². The van der Waals surface area contributed by atoms with Crippen molar-refractivity contribution < 1.29 is 42.9 Å². The van der Waals surface area contributed by atoms with E-state index in [1.807, 2.05) is 0 Å². The monoisotopic (exact) mass is 1340 g/mol. The van der Waals surface area contributed by atoms with E-state index in [1.165, 1.54) is 360 Å². The summed E-state index contributed by atoms with van der Waals surface area (Å²) in [5.41, 5.74) is 0. The number of carbonyl (C=O) groups is 4. The summed E-state index contributed by atoms with van der Waals surface area (Å²) < 4.78 is 31.0. The number of esters is 4. The Morgan fingerprint density at radius 1 is 0.232 bits per heavy atom. The molecule has 9 heteroatoms. The van der Waals surface area contributed by atoms with E-state index in [0.29, 0.717) is 19.3 Å². The van der Waals surface area contributed by atoms with Crippen molar-refractivity contribution in [2.45, 2.75) is 514 Å². The number of hydrogen-bond donors (Lipinski definition) is 0. The first-order valence-electron chi connectivity index (χ1n) is 43.2. The standard InChI is InChI=1S/C86H164O9/c1-5-9-13-17-21-25-29-33-37-41-45-49-53-57-61-65-69-73-81(87)92-77-79-85(94-83(89)75-71-67-63-59-55-51-47-43-39-35-31-27-23-19-15-11-7-3)86(95-84(90)76-72-68-64-60-56-52-48-44-40-36-32-28-24-20-16-12-8-4)80(78-91-79)93-82(88)74-70-66-62-58-54-50-46-42-38-34-30-26-22-18-14-10-6-2/h79-80,85-86H,5-78H2,1-4H3/t79-,80-,85-,86-/m1/s1. The van der Waals surface area contributed by atoms with Crippen LogP contribution in [-0.2, 0) is 42.9 Å². The molecule has 0 saturated carbocycles. The van der Waals surface area contributed by atoms with Crippen LogP contribution in [0.2, 0.25) is 0 Å². The maximum Gasteiger partial charge on any atom is 0.306 e. The zero-order valence-corrected chi connectivity index (χ0v) is 64.3. The summed E-state index contributed by atoms with van der Waals surface area (Å²) in [4.78, 5) is 54.8. The van der Waals surface area contributed by atoms with Crippen LogP contribution in [0.1, 0.15) is 490 Å². The molecule has 1 aliphatic rings. The molecule has 95 heavy (non-hydrogen) atoms. The predicted octanol–water partition coefficient (Wildman–Crippen LogP) is 27.8. The Morgan fingerprint density at radius 2 is 0.411 bits per heavy atom. The lowest BCUT2D eigenvalue weighted by Gasteiger charge is -2.40. The van der Waals surface area contributed by atoms with Crippen LogP contribution in [0.25, 0.3) is 0 Å². The number of unbranched alkanes of at least 4 members (excludes halogenated alkanes) is 64. The van der Waals surface area contributed by atoms with Crippen LogP contribution in [0.4, 0.5) is 0 Å². The number of hydrogen-bond acceptors (Lipinski definition) is 9. The number of ether oxygens (including phenoxy) is 5. The van der Waals surface area contributed by atoms with Gasteiger partial charge in [0.15, 0.2) is 18.3 Å². The van der Waals surface area contributed by atoms with Gasteiger partial charge in [0.05, 0.1) is 6.61 Å². The number of carbonyl (C=O) groups excluding carboxylic acids is 4. The number of rotatable bonds is 77. The fraction of sp³-hybridized carbons (Fsp3) is 0.953. The van der Waals surface area contributed by atoms with Crippen LogP contribution in [0.3, 0.4) is 0 Å². The van der Waals surface area contributed by atoms with E-state index in [1.54, 1.807) is 0 Å². The zero-order valence-electron chi connectivity index (χ0n) is 64.3. The third kappa shape index (κ3) is 63.7. The second-order valence-electron chi connectivity index (χ2n) is 30.1. The van der Waals surface area contributed by atoms with Gasteiger partial charge >= 0.3 is 23.9 Å². The average molecular weight is 1340 g/mol. The molecule has 1 saturated heterocycles. The van der Waals surface area contributed by atoms with Gasteiger partial charge in [0.1, 0.15) is 12.7 Å². The Kier molecular flexibility index (Phi) is 71.3. The molecule has 1 fully saturated rings. The van der Waals surface area contributed by atoms with Gasteiger partial charge in [-0.3, -0.25) is 19.2 Å². The molecular weight excluding hydrogens is 1180 g/mol. The van der Waals surface area contributed by atoms with Gasteiger partial charge in [0.25, 0.3) is 0 Å². The molecule has 0 radical (unpaired) electrons. The van der Waals surface area contributed by atoms with Crippen molar-refractivity contribution in [3.05, 3.63) is 0 Å². The van der Waals surface area contributed by atoms with Crippen molar-refractivity contribution in [2.75, 3.05) is 13.2 Å². The predicted molar refractivity (Wildman–Crippen MR) is 405 cm³/mol. The molecule has 1 aliphatic heterocycles. The highest BCUT2D eigenvalue weighted by atomic mass is 16.7. The average Bonchev–Trinajstić information content (AvgIpc) is 0.875. The van der Waals surface area contributed by atoms with Crippen molar-refractivity contribution in [1.82, 2.24) is 0 Å². The molecule has 0 spiro atoms. The first-order chi connectivity index (χ1) is 46.9. The van der Waals surface area contributed by atoms with Crippen LogP contribution in [0, 0.1) is 0 Å². The van der Waals surface area contributed by atoms with E-state index < -0.39 is 36.4 Å². The van der Waals surface area contributed by atoms with Gasteiger partial charge in [-0.05, 0) is 25.7 Å². The molecule has 0 bridgehead atoms.